The van der Waals surface area contributed by atoms with Gasteiger partial charge in [-0.25, -0.2) is 4.79 Å². The molecule has 1 aromatic heterocycles. The van der Waals surface area contributed by atoms with Gasteiger partial charge >= 0.3 is 5.97 Å². The van der Waals surface area contributed by atoms with Gasteiger partial charge in [0.25, 0.3) is 0 Å². The molecular formula is C14H15NO2. The van der Waals surface area contributed by atoms with Crippen LogP contribution < -0.4 is 0 Å². The van der Waals surface area contributed by atoms with Gasteiger partial charge in [0.15, 0.2) is 0 Å². The fourth-order valence-electron chi connectivity index (χ4n) is 2.05. The molecule has 88 valence electrons. The van der Waals surface area contributed by atoms with Crippen LogP contribution in [0.4, 0.5) is 0 Å². The average Bonchev–Trinajstić information content (AvgIpc) is 2.58. The number of hydrogen-bond donors (Lipinski definition) is 1. The van der Waals surface area contributed by atoms with Crippen LogP contribution in [0.2, 0.25) is 0 Å². The van der Waals surface area contributed by atoms with Gasteiger partial charge < -0.3 is 9.67 Å². The SMILES string of the molecule is Cc1cc(C(=O)O)n(C)c1Cc1ccccc1. The Balaban J connectivity index is 2.37. The summed E-state index contributed by atoms with van der Waals surface area (Å²) < 4.78 is 1.75. The first-order valence-electron chi connectivity index (χ1n) is 5.52. The molecule has 0 bridgehead atoms. The molecule has 1 aromatic carbocycles. The summed E-state index contributed by atoms with van der Waals surface area (Å²) in [6, 6.07) is 11.8. The van der Waals surface area contributed by atoms with Gasteiger partial charge in [-0.3, -0.25) is 0 Å². The maximum absolute atomic E-state index is 11.0. The van der Waals surface area contributed by atoms with Crippen LogP contribution in [0.25, 0.3) is 0 Å². The van der Waals surface area contributed by atoms with E-state index in [-0.39, 0.29) is 0 Å². The van der Waals surface area contributed by atoms with Crippen molar-refractivity contribution < 1.29 is 9.90 Å². The van der Waals surface area contributed by atoms with Crippen molar-refractivity contribution in [1.82, 2.24) is 4.57 Å². The first-order chi connectivity index (χ1) is 8.09. The Hall–Kier alpha value is -2.03. The van der Waals surface area contributed by atoms with Crippen molar-refractivity contribution in [3.05, 3.63) is 58.9 Å². The van der Waals surface area contributed by atoms with Crippen molar-refractivity contribution in [2.75, 3.05) is 0 Å². The number of carbonyl (C=O) groups is 1. The normalized spacial score (nSPS) is 10.5. The molecule has 0 saturated carbocycles. The highest BCUT2D eigenvalue weighted by molar-refractivity contribution is 5.86. The minimum Gasteiger partial charge on any atom is -0.477 e. The number of carboxylic acids is 1. The third kappa shape index (κ3) is 2.23. The minimum atomic E-state index is -0.880. The number of carboxylic acid groups (broad SMARTS) is 1. The van der Waals surface area contributed by atoms with Crippen LogP contribution in [-0.4, -0.2) is 15.6 Å². The van der Waals surface area contributed by atoms with Gasteiger partial charge in [0.1, 0.15) is 5.69 Å². The van der Waals surface area contributed by atoms with Crippen molar-refractivity contribution in [3.63, 3.8) is 0 Å². The largest absolute Gasteiger partial charge is 0.477 e. The summed E-state index contributed by atoms with van der Waals surface area (Å²) in [5, 5.41) is 9.05. The van der Waals surface area contributed by atoms with Crippen molar-refractivity contribution >= 4 is 5.97 Å². The fourth-order valence-corrected chi connectivity index (χ4v) is 2.05. The molecule has 2 rings (SSSR count). The number of aryl methyl sites for hydroxylation is 1. The maximum Gasteiger partial charge on any atom is 0.352 e. The lowest BCUT2D eigenvalue weighted by Gasteiger charge is -2.06. The summed E-state index contributed by atoms with van der Waals surface area (Å²) >= 11 is 0. The number of nitrogens with zero attached hydrogens (tertiary/aromatic N) is 1. The predicted molar refractivity (Wildman–Crippen MR) is 66.4 cm³/mol. The number of hydrogen-bond acceptors (Lipinski definition) is 1. The molecule has 1 heterocycles. The van der Waals surface area contributed by atoms with E-state index >= 15 is 0 Å². The van der Waals surface area contributed by atoms with Crippen molar-refractivity contribution in [3.8, 4) is 0 Å². The zero-order valence-corrected chi connectivity index (χ0v) is 9.97. The molecule has 17 heavy (non-hydrogen) atoms. The van der Waals surface area contributed by atoms with Gasteiger partial charge in [0, 0.05) is 19.2 Å². The number of aromatic carboxylic acids is 1. The van der Waals surface area contributed by atoms with Crippen LogP contribution >= 0.6 is 0 Å². The van der Waals surface area contributed by atoms with E-state index in [1.54, 1.807) is 17.7 Å². The zero-order valence-electron chi connectivity index (χ0n) is 9.97. The Morgan fingerprint density at radius 3 is 2.47 bits per heavy atom. The Kier molecular flexibility index (Phi) is 3.00. The fraction of sp³-hybridized carbons (Fsp3) is 0.214. The lowest BCUT2D eigenvalue weighted by Crippen LogP contribution is -2.07. The second-order valence-electron chi connectivity index (χ2n) is 4.19. The maximum atomic E-state index is 11.0. The Morgan fingerprint density at radius 2 is 1.94 bits per heavy atom. The highest BCUT2D eigenvalue weighted by atomic mass is 16.4. The minimum absolute atomic E-state index is 0.341. The van der Waals surface area contributed by atoms with E-state index in [9.17, 15) is 4.79 Å². The van der Waals surface area contributed by atoms with Gasteiger partial charge in [0.05, 0.1) is 0 Å². The van der Waals surface area contributed by atoms with E-state index in [1.807, 2.05) is 37.3 Å². The monoisotopic (exact) mass is 229 g/mol. The summed E-state index contributed by atoms with van der Waals surface area (Å²) in [6.45, 7) is 1.95. The van der Waals surface area contributed by atoms with E-state index in [4.69, 9.17) is 5.11 Å². The molecule has 0 aliphatic carbocycles. The molecule has 0 atom stereocenters. The standard InChI is InChI=1S/C14H15NO2/c1-10-8-13(14(16)17)15(2)12(10)9-11-6-4-3-5-7-11/h3-8H,9H2,1-2H3,(H,16,17). The van der Waals surface area contributed by atoms with Gasteiger partial charge in [0.2, 0.25) is 0 Å². The number of rotatable bonds is 3. The van der Waals surface area contributed by atoms with Gasteiger partial charge in [-0.2, -0.15) is 0 Å². The van der Waals surface area contributed by atoms with Crippen molar-refractivity contribution in [2.24, 2.45) is 7.05 Å². The molecule has 1 N–H and O–H groups in total. The molecule has 3 nitrogen and oxygen atoms in total. The van der Waals surface area contributed by atoms with Gasteiger partial charge in [-0.15, -0.1) is 0 Å². The quantitative estimate of drug-likeness (QED) is 0.879. The summed E-state index contributed by atoms with van der Waals surface area (Å²) in [6.07, 6.45) is 0.760. The molecule has 0 fully saturated rings. The molecular weight excluding hydrogens is 214 g/mol. The van der Waals surface area contributed by atoms with Crippen molar-refractivity contribution in [1.29, 1.82) is 0 Å². The summed E-state index contributed by atoms with van der Waals surface area (Å²) in [5.74, 6) is -0.880. The van der Waals surface area contributed by atoms with Crippen LogP contribution in [0.15, 0.2) is 36.4 Å². The van der Waals surface area contributed by atoms with Gasteiger partial charge in [-0.05, 0) is 24.1 Å². The van der Waals surface area contributed by atoms with Crippen molar-refractivity contribution in [2.45, 2.75) is 13.3 Å². The van der Waals surface area contributed by atoms with E-state index < -0.39 is 5.97 Å². The lowest BCUT2D eigenvalue weighted by molar-refractivity contribution is 0.0686. The molecule has 0 saturated heterocycles. The summed E-state index contributed by atoms with van der Waals surface area (Å²) in [5.41, 5.74) is 3.60. The summed E-state index contributed by atoms with van der Waals surface area (Å²) in [4.78, 5) is 11.0. The van der Waals surface area contributed by atoms with E-state index in [2.05, 4.69) is 0 Å². The second-order valence-corrected chi connectivity index (χ2v) is 4.19. The molecule has 0 aliphatic heterocycles. The average molecular weight is 229 g/mol. The molecule has 0 unspecified atom stereocenters. The number of aromatic nitrogens is 1. The Morgan fingerprint density at radius 1 is 1.29 bits per heavy atom. The molecule has 3 heteroatoms. The Labute approximate surface area is 100 Å². The molecule has 0 spiro atoms. The Bertz CT molecular complexity index is 541. The molecule has 2 aromatic rings. The van der Waals surface area contributed by atoms with Crippen LogP contribution in [0.3, 0.4) is 0 Å². The third-order valence-electron chi connectivity index (χ3n) is 3.01. The molecule has 0 amide bonds. The lowest BCUT2D eigenvalue weighted by atomic mass is 10.1. The second kappa shape index (κ2) is 4.45. The van der Waals surface area contributed by atoms with E-state index in [0.717, 1.165) is 17.7 Å². The molecule has 0 aliphatic rings. The number of benzene rings is 1. The van der Waals surface area contributed by atoms with Crippen LogP contribution in [0.1, 0.15) is 27.3 Å². The molecule has 0 radical (unpaired) electrons. The smallest absolute Gasteiger partial charge is 0.352 e. The first kappa shape index (κ1) is 11.5. The van der Waals surface area contributed by atoms with Crippen LogP contribution in [-0.2, 0) is 13.5 Å². The van der Waals surface area contributed by atoms with E-state index in [0.29, 0.717) is 5.69 Å². The summed E-state index contributed by atoms with van der Waals surface area (Å²) in [7, 11) is 1.80. The zero-order chi connectivity index (χ0) is 12.4. The van der Waals surface area contributed by atoms with Gasteiger partial charge in [-0.1, -0.05) is 30.3 Å². The predicted octanol–water partition coefficient (Wildman–Crippen LogP) is 2.62. The highest BCUT2D eigenvalue weighted by Crippen LogP contribution is 2.17. The topological polar surface area (TPSA) is 42.2 Å². The van der Waals surface area contributed by atoms with Crippen LogP contribution in [0, 0.1) is 6.92 Å². The van der Waals surface area contributed by atoms with Crippen LogP contribution in [0.5, 0.6) is 0 Å². The third-order valence-corrected chi connectivity index (χ3v) is 3.01. The first-order valence-corrected chi connectivity index (χ1v) is 5.52. The van der Waals surface area contributed by atoms with E-state index in [1.165, 1.54) is 5.56 Å². The highest BCUT2D eigenvalue weighted by Gasteiger charge is 2.14.